The first kappa shape index (κ1) is 9.66. The van der Waals surface area contributed by atoms with Crippen LogP contribution in [0.1, 0.15) is 6.42 Å². The van der Waals surface area contributed by atoms with Crippen LogP contribution in [-0.4, -0.2) is 16.9 Å². The van der Waals surface area contributed by atoms with E-state index in [1.165, 1.54) is 5.20 Å². The number of hydrogen-bond donors (Lipinski definition) is 0. The summed E-state index contributed by atoms with van der Waals surface area (Å²) in [6.07, 6.45) is 7.41. The van der Waals surface area contributed by atoms with E-state index in [1.54, 1.807) is 7.11 Å². The van der Waals surface area contributed by atoms with Crippen molar-refractivity contribution in [1.29, 1.82) is 0 Å². The maximum absolute atomic E-state index is 4.95. The maximum atomic E-state index is 4.95. The summed E-state index contributed by atoms with van der Waals surface area (Å²) in [5.74, 6) is 0. The Morgan fingerprint density at radius 3 is 2.89 bits per heavy atom. The molecule has 2 radical (unpaired) electrons. The van der Waals surface area contributed by atoms with Gasteiger partial charge in [-0.3, -0.25) is 0 Å². The number of rotatable bonds is 2. The zero-order chi connectivity index (χ0) is 5.82. The van der Waals surface area contributed by atoms with Gasteiger partial charge in [-0.25, -0.2) is 0 Å². The smallest absolute Gasteiger partial charge is 0.415 e. The van der Waals surface area contributed by atoms with Gasteiger partial charge < -0.3 is 4.43 Å². The predicted molar refractivity (Wildman–Crippen MR) is 34.6 cm³/mol. The molecule has 0 heterocycles. The Hall–Kier alpha value is 0.657. The summed E-state index contributed by atoms with van der Waals surface area (Å²) in [6, 6.07) is 0. The fourth-order valence-corrected chi connectivity index (χ4v) is 1.28. The van der Waals surface area contributed by atoms with E-state index >= 15 is 0 Å². The summed E-state index contributed by atoms with van der Waals surface area (Å²) in [5, 5.41) is 1.40. The molecule has 0 aromatic carbocycles. The topological polar surface area (TPSA) is 9.23 Å². The summed E-state index contributed by atoms with van der Waals surface area (Å²) in [6.45, 7) is 0. The van der Waals surface area contributed by atoms with Crippen LogP contribution in [0.3, 0.4) is 0 Å². The minimum Gasteiger partial charge on any atom is -0.415 e. The van der Waals surface area contributed by atoms with Gasteiger partial charge in [0, 0.05) is 7.11 Å². The van der Waals surface area contributed by atoms with Crippen LogP contribution in [0.4, 0.5) is 0 Å². The van der Waals surface area contributed by atoms with E-state index < -0.39 is 0 Å². The fraction of sp³-hybridized carbons (Fsp3) is 0.333. The van der Waals surface area contributed by atoms with Gasteiger partial charge >= 0.3 is 29.6 Å². The normalized spacial score (nSPS) is 15.0. The molecule has 1 rings (SSSR count). The first-order valence-corrected chi connectivity index (χ1v) is 3.49. The van der Waals surface area contributed by atoms with Crippen molar-refractivity contribution in [3.63, 3.8) is 0 Å². The molecule has 0 amide bonds. The third-order valence-electron chi connectivity index (χ3n) is 1.00. The predicted octanol–water partition coefficient (Wildman–Crippen LogP) is -1.90. The zero-order valence-electron chi connectivity index (χ0n) is 5.85. The van der Waals surface area contributed by atoms with E-state index in [4.69, 9.17) is 4.43 Å². The molecule has 1 nitrogen and oxygen atoms in total. The Balaban J connectivity index is 0.000000640. The molecule has 3 heteroatoms. The van der Waals surface area contributed by atoms with Gasteiger partial charge in [0.2, 0.25) is 0 Å². The van der Waals surface area contributed by atoms with Gasteiger partial charge in [-0.2, -0.15) is 0 Å². The standard InChI is InChI=1S/C6H8OSi.Na/c1-7-8-6-4-2-3-5-6;/h2-4H,5H2,1H3;/q;+1. The third-order valence-corrected chi connectivity index (χ3v) is 1.84. The van der Waals surface area contributed by atoms with Crippen LogP contribution in [0.5, 0.6) is 0 Å². The Morgan fingerprint density at radius 2 is 2.44 bits per heavy atom. The van der Waals surface area contributed by atoms with Crippen LogP contribution < -0.4 is 29.6 Å². The molecule has 1 aliphatic carbocycles. The maximum Gasteiger partial charge on any atom is 1.00 e. The van der Waals surface area contributed by atoms with Crippen LogP contribution in [-0.2, 0) is 4.43 Å². The van der Waals surface area contributed by atoms with Gasteiger partial charge in [0.1, 0.15) is 0 Å². The van der Waals surface area contributed by atoms with Crippen molar-refractivity contribution in [3.05, 3.63) is 23.4 Å². The molecule has 42 valence electrons. The average molecular weight is 147 g/mol. The molecule has 0 aromatic rings. The second kappa shape index (κ2) is 5.44. The van der Waals surface area contributed by atoms with Gasteiger partial charge in [0.15, 0.2) is 0 Å². The number of hydrogen-bond acceptors (Lipinski definition) is 1. The molecule has 0 unspecified atom stereocenters. The Morgan fingerprint density at radius 1 is 1.67 bits per heavy atom. The molecular weight excluding hydrogens is 139 g/mol. The molecule has 0 fully saturated rings. The quantitative estimate of drug-likeness (QED) is 0.415. The average Bonchev–Trinajstić information content (AvgIpc) is 2.19. The first-order valence-electron chi connectivity index (χ1n) is 2.58. The van der Waals surface area contributed by atoms with Crippen molar-refractivity contribution in [1.82, 2.24) is 0 Å². The van der Waals surface area contributed by atoms with E-state index in [2.05, 4.69) is 18.2 Å². The summed E-state index contributed by atoms with van der Waals surface area (Å²) < 4.78 is 4.95. The van der Waals surface area contributed by atoms with Crippen LogP contribution in [0.15, 0.2) is 23.4 Å². The van der Waals surface area contributed by atoms with Gasteiger partial charge in [-0.05, 0) is 6.42 Å². The zero-order valence-corrected chi connectivity index (χ0v) is 8.85. The van der Waals surface area contributed by atoms with Crippen LogP contribution in [0.2, 0.25) is 0 Å². The molecule has 0 atom stereocenters. The molecule has 9 heavy (non-hydrogen) atoms. The van der Waals surface area contributed by atoms with Crippen LogP contribution in [0.25, 0.3) is 0 Å². The summed E-state index contributed by atoms with van der Waals surface area (Å²) in [4.78, 5) is 0. The van der Waals surface area contributed by atoms with Crippen LogP contribution in [0, 0.1) is 0 Å². The van der Waals surface area contributed by atoms with Gasteiger partial charge in [0.25, 0.3) is 9.76 Å². The molecule has 1 aliphatic rings. The third kappa shape index (κ3) is 3.38. The van der Waals surface area contributed by atoms with E-state index in [0.717, 1.165) is 6.42 Å². The van der Waals surface area contributed by atoms with Gasteiger partial charge in [-0.1, -0.05) is 23.4 Å². The molecule has 0 spiro atoms. The minimum atomic E-state index is 0. The molecule has 0 aromatic heterocycles. The molecule has 0 saturated carbocycles. The van der Waals surface area contributed by atoms with Crippen molar-refractivity contribution in [2.24, 2.45) is 0 Å². The SMILES string of the molecule is CO[Si]C1=CC=CC1.[Na+]. The Kier molecular flexibility index (Phi) is 5.84. The van der Waals surface area contributed by atoms with E-state index in [9.17, 15) is 0 Å². The monoisotopic (exact) mass is 147 g/mol. The summed E-state index contributed by atoms with van der Waals surface area (Å²) >= 11 is 0. The Labute approximate surface area is 80.4 Å². The van der Waals surface area contributed by atoms with Gasteiger partial charge in [-0.15, -0.1) is 0 Å². The molecule has 0 aliphatic heterocycles. The molecular formula is C6H8NaOSi+. The largest absolute Gasteiger partial charge is 1.00 e. The van der Waals surface area contributed by atoms with E-state index in [1.807, 2.05) is 0 Å². The minimum absolute atomic E-state index is 0. The van der Waals surface area contributed by atoms with E-state index in [-0.39, 0.29) is 29.6 Å². The van der Waals surface area contributed by atoms with Crippen LogP contribution >= 0.6 is 0 Å². The van der Waals surface area contributed by atoms with Crippen molar-refractivity contribution >= 4 is 9.76 Å². The van der Waals surface area contributed by atoms with Crippen molar-refractivity contribution in [3.8, 4) is 0 Å². The molecule has 0 bridgehead atoms. The van der Waals surface area contributed by atoms with Crippen molar-refractivity contribution in [2.75, 3.05) is 7.11 Å². The molecule has 0 N–H and O–H groups in total. The summed E-state index contributed by atoms with van der Waals surface area (Å²) in [7, 11) is 2.30. The first-order chi connectivity index (χ1) is 3.93. The van der Waals surface area contributed by atoms with Gasteiger partial charge in [0.05, 0.1) is 0 Å². The fourth-order valence-electron chi connectivity index (χ4n) is 0.654. The number of allylic oxidation sites excluding steroid dienone is 4. The Bertz CT molecular complexity index is 131. The second-order valence-electron chi connectivity index (χ2n) is 1.63. The summed E-state index contributed by atoms with van der Waals surface area (Å²) in [5.41, 5.74) is 0. The van der Waals surface area contributed by atoms with E-state index in [0.29, 0.717) is 9.76 Å². The van der Waals surface area contributed by atoms with Crippen molar-refractivity contribution < 1.29 is 34.0 Å². The molecule has 0 saturated heterocycles. The van der Waals surface area contributed by atoms with Crippen molar-refractivity contribution in [2.45, 2.75) is 6.42 Å². The second-order valence-corrected chi connectivity index (χ2v) is 2.88.